The van der Waals surface area contributed by atoms with Crippen LogP contribution in [0.25, 0.3) is 0 Å². The molecule has 1 aromatic rings. The Morgan fingerprint density at radius 2 is 1.94 bits per heavy atom. The number of ether oxygens (including phenoxy) is 1. The summed E-state index contributed by atoms with van der Waals surface area (Å²) in [5, 5.41) is 8.71. The smallest absolute Gasteiger partial charge is 0.123 e. The van der Waals surface area contributed by atoms with E-state index in [4.69, 9.17) is 10.00 Å². The molecule has 1 atom stereocenters. The van der Waals surface area contributed by atoms with Crippen LogP contribution in [0.4, 0.5) is 0 Å². The quantitative estimate of drug-likeness (QED) is 0.776. The molecule has 0 N–H and O–H groups in total. The van der Waals surface area contributed by atoms with Gasteiger partial charge in [0.05, 0.1) is 12.0 Å². The van der Waals surface area contributed by atoms with E-state index < -0.39 is 0 Å². The largest absolute Gasteiger partial charge is 0.492 e. The molecule has 2 heteroatoms. The van der Waals surface area contributed by atoms with Gasteiger partial charge in [0, 0.05) is 0 Å². The maximum atomic E-state index is 8.71. The second-order valence-electron chi connectivity index (χ2n) is 5.09. The normalized spacial score (nSPS) is 12.9. The molecule has 0 amide bonds. The molecule has 0 heterocycles. The molecule has 0 radical (unpaired) electrons. The monoisotopic (exact) mass is 217 g/mol. The molecule has 0 aliphatic rings. The Bertz CT molecular complexity index is 384. The highest BCUT2D eigenvalue weighted by Gasteiger charge is 2.18. The molecule has 1 aromatic carbocycles. The molecule has 0 aromatic heterocycles. The summed E-state index contributed by atoms with van der Waals surface area (Å²) in [6.45, 7) is 8.78. The van der Waals surface area contributed by atoms with Crippen LogP contribution in [-0.4, -0.2) is 6.61 Å². The van der Waals surface area contributed by atoms with Crippen LogP contribution >= 0.6 is 0 Å². The van der Waals surface area contributed by atoms with E-state index in [1.54, 1.807) is 0 Å². The van der Waals surface area contributed by atoms with Crippen LogP contribution in [0, 0.1) is 17.2 Å². The van der Waals surface area contributed by atoms with Crippen LogP contribution < -0.4 is 4.74 Å². The molecule has 2 nitrogen and oxygen atoms in total. The molecule has 0 saturated carbocycles. The minimum absolute atomic E-state index is 0.0620. The first kappa shape index (κ1) is 12.6. The van der Waals surface area contributed by atoms with Gasteiger partial charge < -0.3 is 4.74 Å². The van der Waals surface area contributed by atoms with Crippen molar-refractivity contribution in [3.05, 3.63) is 29.8 Å². The number of nitriles is 1. The minimum Gasteiger partial charge on any atom is -0.492 e. The minimum atomic E-state index is -0.0759. The van der Waals surface area contributed by atoms with Gasteiger partial charge in [-0.25, -0.2) is 0 Å². The van der Waals surface area contributed by atoms with Gasteiger partial charge in [-0.05, 0) is 24.0 Å². The number of para-hydroxylation sites is 1. The SMILES string of the molecule is CC(C#N)COc1ccccc1C(C)(C)C. The van der Waals surface area contributed by atoms with Crippen LogP contribution in [0.3, 0.4) is 0 Å². The lowest BCUT2D eigenvalue weighted by molar-refractivity contribution is 0.281. The molecule has 1 unspecified atom stereocenters. The summed E-state index contributed by atoms with van der Waals surface area (Å²) in [4.78, 5) is 0. The lowest BCUT2D eigenvalue weighted by Gasteiger charge is -2.22. The van der Waals surface area contributed by atoms with E-state index >= 15 is 0 Å². The van der Waals surface area contributed by atoms with Gasteiger partial charge in [-0.1, -0.05) is 39.0 Å². The zero-order chi connectivity index (χ0) is 12.2. The molecule has 0 aliphatic carbocycles. The third-order valence-corrected chi connectivity index (χ3v) is 2.40. The van der Waals surface area contributed by atoms with Gasteiger partial charge in [0.2, 0.25) is 0 Å². The first-order valence-corrected chi connectivity index (χ1v) is 5.57. The van der Waals surface area contributed by atoms with E-state index in [9.17, 15) is 0 Å². The molecular formula is C14H19NO. The fourth-order valence-corrected chi connectivity index (χ4v) is 1.46. The van der Waals surface area contributed by atoms with Gasteiger partial charge in [0.15, 0.2) is 0 Å². The molecule has 1 rings (SSSR count). The van der Waals surface area contributed by atoms with Gasteiger partial charge in [-0.3, -0.25) is 0 Å². The molecule has 0 spiro atoms. The van der Waals surface area contributed by atoms with Crippen LogP contribution in [0.1, 0.15) is 33.3 Å². The Morgan fingerprint density at radius 3 is 2.50 bits per heavy atom. The van der Waals surface area contributed by atoms with Gasteiger partial charge in [-0.15, -0.1) is 0 Å². The second kappa shape index (κ2) is 5.03. The molecule has 86 valence electrons. The van der Waals surface area contributed by atoms with E-state index in [1.807, 2.05) is 25.1 Å². The summed E-state index contributed by atoms with van der Waals surface area (Å²) >= 11 is 0. The standard InChI is InChI=1S/C14H19NO/c1-11(9-15)10-16-13-8-6-5-7-12(13)14(2,3)4/h5-8,11H,10H2,1-4H3. The van der Waals surface area contributed by atoms with Crippen molar-refractivity contribution < 1.29 is 4.74 Å². The lowest BCUT2D eigenvalue weighted by atomic mass is 9.86. The summed E-state index contributed by atoms with van der Waals surface area (Å²) in [5.41, 5.74) is 1.24. The Kier molecular flexibility index (Phi) is 3.95. The van der Waals surface area contributed by atoms with Crippen molar-refractivity contribution in [1.29, 1.82) is 5.26 Å². The second-order valence-corrected chi connectivity index (χ2v) is 5.09. The Morgan fingerprint density at radius 1 is 1.31 bits per heavy atom. The van der Waals surface area contributed by atoms with Crippen molar-refractivity contribution in [3.8, 4) is 11.8 Å². The van der Waals surface area contributed by atoms with Crippen molar-refractivity contribution >= 4 is 0 Å². The van der Waals surface area contributed by atoms with E-state index in [2.05, 4.69) is 32.9 Å². The number of hydrogen-bond acceptors (Lipinski definition) is 2. The topological polar surface area (TPSA) is 33.0 Å². The molecule has 16 heavy (non-hydrogen) atoms. The summed E-state index contributed by atoms with van der Waals surface area (Å²) < 4.78 is 5.69. The Labute approximate surface area is 97.9 Å². The van der Waals surface area contributed by atoms with Crippen LogP contribution in [0.5, 0.6) is 5.75 Å². The summed E-state index contributed by atoms with van der Waals surface area (Å²) in [6.07, 6.45) is 0. The summed E-state index contributed by atoms with van der Waals surface area (Å²) in [6, 6.07) is 10.2. The van der Waals surface area contributed by atoms with E-state index in [1.165, 1.54) is 5.56 Å². The third kappa shape index (κ3) is 3.27. The van der Waals surface area contributed by atoms with Crippen molar-refractivity contribution in [2.45, 2.75) is 33.1 Å². The average molecular weight is 217 g/mol. The summed E-state index contributed by atoms with van der Waals surface area (Å²) in [5.74, 6) is 0.810. The van der Waals surface area contributed by atoms with Crippen molar-refractivity contribution in [1.82, 2.24) is 0 Å². The number of rotatable bonds is 3. The summed E-state index contributed by atoms with van der Waals surface area (Å²) in [7, 11) is 0. The predicted octanol–water partition coefficient (Wildman–Crippen LogP) is 3.52. The molecule has 0 aliphatic heterocycles. The van der Waals surface area contributed by atoms with Gasteiger partial charge in [-0.2, -0.15) is 5.26 Å². The van der Waals surface area contributed by atoms with Crippen LogP contribution in [0.15, 0.2) is 24.3 Å². The number of benzene rings is 1. The Hall–Kier alpha value is -1.49. The average Bonchev–Trinajstić information content (AvgIpc) is 2.25. The highest BCUT2D eigenvalue weighted by atomic mass is 16.5. The fourth-order valence-electron chi connectivity index (χ4n) is 1.46. The molecular weight excluding hydrogens is 198 g/mol. The van der Waals surface area contributed by atoms with Crippen molar-refractivity contribution in [2.24, 2.45) is 5.92 Å². The van der Waals surface area contributed by atoms with Gasteiger partial charge >= 0.3 is 0 Å². The van der Waals surface area contributed by atoms with Crippen LogP contribution in [0.2, 0.25) is 0 Å². The molecule has 0 saturated heterocycles. The molecule has 0 fully saturated rings. The zero-order valence-corrected chi connectivity index (χ0v) is 10.4. The van der Waals surface area contributed by atoms with Crippen molar-refractivity contribution in [2.75, 3.05) is 6.61 Å². The van der Waals surface area contributed by atoms with Gasteiger partial charge in [0.1, 0.15) is 12.4 Å². The zero-order valence-electron chi connectivity index (χ0n) is 10.4. The highest BCUT2D eigenvalue weighted by Crippen LogP contribution is 2.31. The number of nitrogens with zero attached hydrogens (tertiary/aromatic N) is 1. The Balaban J connectivity index is 2.85. The van der Waals surface area contributed by atoms with Gasteiger partial charge in [0.25, 0.3) is 0 Å². The predicted molar refractivity (Wildman–Crippen MR) is 65.4 cm³/mol. The highest BCUT2D eigenvalue weighted by molar-refractivity contribution is 5.38. The first-order valence-electron chi connectivity index (χ1n) is 5.57. The maximum Gasteiger partial charge on any atom is 0.123 e. The maximum absolute atomic E-state index is 8.71. The number of hydrogen-bond donors (Lipinski definition) is 0. The first-order chi connectivity index (χ1) is 7.45. The molecule has 0 bridgehead atoms. The third-order valence-electron chi connectivity index (χ3n) is 2.40. The van der Waals surface area contributed by atoms with E-state index in [-0.39, 0.29) is 11.3 Å². The lowest BCUT2D eigenvalue weighted by Crippen LogP contribution is -2.15. The van der Waals surface area contributed by atoms with Crippen LogP contribution in [-0.2, 0) is 5.41 Å². The van der Waals surface area contributed by atoms with Crippen molar-refractivity contribution in [3.63, 3.8) is 0 Å². The van der Waals surface area contributed by atoms with E-state index in [0.29, 0.717) is 6.61 Å². The van der Waals surface area contributed by atoms with E-state index in [0.717, 1.165) is 5.75 Å². The fraction of sp³-hybridized carbons (Fsp3) is 0.500.